The molecule has 0 fully saturated rings. The van der Waals surface area contributed by atoms with Gasteiger partial charge in [0, 0.05) is 18.7 Å². The van der Waals surface area contributed by atoms with Gasteiger partial charge in [0.2, 0.25) is 0 Å². The number of hydrogen-bond donors (Lipinski definition) is 1. The standard InChI is InChI=1S/C15H22N2O2S/c1-3-13(15(18)19-4-2)17(11-10-14(16)20)12-8-6-5-7-9-12/h5-9,13H,3-4,10-11H2,1-2H3,(H2,16,20). The smallest absolute Gasteiger partial charge is 0.328 e. The predicted octanol–water partition coefficient (Wildman–Crippen LogP) is 2.51. The number of para-hydroxylation sites is 1. The van der Waals surface area contributed by atoms with Crippen molar-refractivity contribution in [3.05, 3.63) is 30.3 Å². The molecular weight excluding hydrogens is 272 g/mol. The van der Waals surface area contributed by atoms with E-state index in [2.05, 4.69) is 0 Å². The van der Waals surface area contributed by atoms with Gasteiger partial charge in [-0.15, -0.1) is 0 Å². The molecular formula is C15H22N2O2S. The number of hydrogen-bond acceptors (Lipinski definition) is 4. The van der Waals surface area contributed by atoms with Crippen LogP contribution in [0.3, 0.4) is 0 Å². The number of thiocarbonyl (C=S) groups is 1. The van der Waals surface area contributed by atoms with E-state index in [0.717, 1.165) is 5.69 Å². The lowest BCUT2D eigenvalue weighted by Gasteiger charge is -2.31. The van der Waals surface area contributed by atoms with Crippen LogP contribution in [0.5, 0.6) is 0 Å². The summed E-state index contributed by atoms with van der Waals surface area (Å²) in [5.74, 6) is -0.207. The molecule has 0 bridgehead atoms. The highest BCUT2D eigenvalue weighted by molar-refractivity contribution is 7.80. The van der Waals surface area contributed by atoms with Gasteiger partial charge in [-0.2, -0.15) is 0 Å². The van der Waals surface area contributed by atoms with E-state index in [1.165, 1.54) is 0 Å². The molecule has 1 aromatic carbocycles. The molecule has 20 heavy (non-hydrogen) atoms. The van der Waals surface area contributed by atoms with Crippen LogP contribution in [0.1, 0.15) is 26.7 Å². The number of benzene rings is 1. The van der Waals surface area contributed by atoms with Crippen molar-refractivity contribution in [3.8, 4) is 0 Å². The zero-order chi connectivity index (χ0) is 15.0. The number of anilines is 1. The highest BCUT2D eigenvalue weighted by atomic mass is 32.1. The summed E-state index contributed by atoms with van der Waals surface area (Å²) in [6.07, 6.45) is 1.24. The number of ether oxygens (including phenoxy) is 1. The maximum atomic E-state index is 12.1. The van der Waals surface area contributed by atoms with Crippen LogP contribution in [-0.4, -0.2) is 30.2 Å². The van der Waals surface area contributed by atoms with Gasteiger partial charge in [0.25, 0.3) is 0 Å². The second kappa shape index (κ2) is 8.53. The van der Waals surface area contributed by atoms with E-state index < -0.39 is 0 Å². The Labute approximate surface area is 125 Å². The minimum absolute atomic E-state index is 0.207. The van der Waals surface area contributed by atoms with Crippen LogP contribution >= 0.6 is 12.2 Å². The molecule has 0 spiro atoms. The molecule has 0 aromatic heterocycles. The normalized spacial score (nSPS) is 11.7. The van der Waals surface area contributed by atoms with Gasteiger partial charge >= 0.3 is 5.97 Å². The lowest BCUT2D eigenvalue weighted by molar-refractivity contribution is -0.144. The van der Waals surface area contributed by atoms with E-state index in [1.807, 2.05) is 49.1 Å². The molecule has 0 amide bonds. The minimum Gasteiger partial charge on any atom is -0.464 e. The van der Waals surface area contributed by atoms with Crippen molar-refractivity contribution in [2.45, 2.75) is 32.7 Å². The first-order valence-electron chi connectivity index (χ1n) is 6.86. The summed E-state index contributed by atoms with van der Waals surface area (Å²) in [5.41, 5.74) is 6.56. The molecule has 0 saturated carbocycles. The zero-order valence-corrected chi connectivity index (χ0v) is 12.9. The molecule has 0 heterocycles. The van der Waals surface area contributed by atoms with Crippen LogP contribution < -0.4 is 10.6 Å². The van der Waals surface area contributed by atoms with Crippen molar-refractivity contribution in [2.75, 3.05) is 18.1 Å². The van der Waals surface area contributed by atoms with Crippen molar-refractivity contribution in [2.24, 2.45) is 5.73 Å². The molecule has 1 unspecified atom stereocenters. The Balaban J connectivity index is 2.95. The van der Waals surface area contributed by atoms with Crippen molar-refractivity contribution < 1.29 is 9.53 Å². The molecule has 0 aliphatic carbocycles. The molecule has 1 atom stereocenters. The maximum absolute atomic E-state index is 12.1. The first-order valence-corrected chi connectivity index (χ1v) is 7.27. The van der Waals surface area contributed by atoms with Crippen molar-refractivity contribution in [1.29, 1.82) is 0 Å². The monoisotopic (exact) mass is 294 g/mol. The fourth-order valence-electron chi connectivity index (χ4n) is 2.07. The SMILES string of the molecule is CCOC(=O)C(CC)N(CCC(N)=S)c1ccccc1. The molecule has 110 valence electrons. The fourth-order valence-corrected chi connectivity index (χ4v) is 2.16. The topological polar surface area (TPSA) is 55.6 Å². The first kappa shape index (κ1) is 16.4. The largest absolute Gasteiger partial charge is 0.464 e. The lowest BCUT2D eigenvalue weighted by Crippen LogP contribution is -2.43. The summed E-state index contributed by atoms with van der Waals surface area (Å²) < 4.78 is 5.16. The second-order valence-electron chi connectivity index (χ2n) is 4.42. The highest BCUT2D eigenvalue weighted by Crippen LogP contribution is 2.19. The molecule has 1 aromatic rings. The van der Waals surface area contributed by atoms with Crippen LogP contribution in [0.2, 0.25) is 0 Å². The van der Waals surface area contributed by atoms with Crippen molar-refractivity contribution in [1.82, 2.24) is 0 Å². The Bertz CT molecular complexity index is 437. The van der Waals surface area contributed by atoms with E-state index in [-0.39, 0.29) is 12.0 Å². The lowest BCUT2D eigenvalue weighted by atomic mass is 10.1. The van der Waals surface area contributed by atoms with Gasteiger partial charge in [-0.3, -0.25) is 0 Å². The Hall–Kier alpha value is -1.62. The van der Waals surface area contributed by atoms with Gasteiger partial charge in [0.05, 0.1) is 11.6 Å². The van der Waals surface area contributed by atoms with Gasteiger partial charge in [0.15, 0.2) is 0 Å². The van der Waals surface area contributed by atoms with E-state index >= 15 is 0 Å². The summed E-state index contributed by atoms with van der Waals surface area (Å²) in [6.45, 7) is 4.77. The molecule has 0 saturated heterocycles. The molecule has 0 aliphatic heterocycles. The molecule has 2 N–H and O–H groups in total. The summed E-state index contributed by atoms with van der Waals surface area (Å²) >= 11 is 4.94. The number of rotatable bonds is 8. The van der Waals surface area contributed by atoms with Crippen molar-refractivity contribution in [3.63, 3.8) is 0 Å². The average Bonchev–Trinajstić information content (AvgIpc) is 2.44. The summed E-state index contributed by atoms with van der Waals surface area (Å²) in [5, 5.41) is 0. The third kappa shape index (κ3) is 4.81. The van der Waals surface area contributed by atoms with E-state index in [1.54, 1.807) is 0 Å². The van der Waals surface area contributed by atoms with Crippen LogP contribution in [0, 0.1) is 0 Å². The second-order valence-corrected chi connectivity index (χ2v) is 4.95. The number of esters is 1. The summed E-state index contributed by atoms with van der Waals surface area (Å²) in [6, 6.07) is 9.47. The summed E-state index contributed by atoms with van der Waals surface area (Å²) in [4.78, 5) is 14.6. The minimum atomic E-state index is -0.313. The van der Waals surface area contributed by atoms with Crippen LogP contribution in [0.4, 0.5) is 5.69 Å². The fraction of sp³-hybridized carbons (Fsp3) is 0.467. The average molecular weight is 294 g/mol. The third-order valence-electron chi connectivity index (χ3n) is 3.01. The first-order chi connectivity index (χ1) is 9.60. The zero-order valence-electron chi connectivity index (χ0n) is 12.0. The molecule has 4 nitrogen and oxygen atoms in total. The Morgan fingerprint density at radius 2 is 2.00 bits per heavy atom. The van der Waals surface area contributed by atoms with E-state index in [4.69, 9.17) is 22.7 Å². The number of nitrogens with zero attached hydrogens (tertiary/aromatic N) is 1. The predicted molar refractivity (Wildman–Crippen MR) is 85.9 cm³/mol. The molecule has 1 rings (SSSR count). The van der Waals surface area contributed by atoms with Crippen LogP contribution in [-0.2, 0) is 9.53 Å². The van der Waals surface area contributed by atoms with Gasteiger partial charge in [-0.25, -0.2) is 4.79 Å². The van der Waals surface area contributed by atoms with Crippen molar-refractivity contribution >= 4 is 28.9 Å². The van der Waals surface area contributed by atoms with Gasteiger partial charge in [-0.05, 0) is 25.5 Å². The highest BCUT2D eigenvalue weighted by Gasteiger charge is 2.25. The Kier molecular flexibility index (Phi) is 7.01. The van der Waals surface area contributed by atoms with Gasteiger partial charge in [-0.1, -0.05) is 37.3 Å². The Morgan fingerprint density at radius 1 is 1.35 bits per heavy atom. The van der Waals surface area contributed by atoms with Crippen LogP contribution in [0.25, 0.3) is 0 Å². The third-order valence-corrected chi connectivity index (χ3v) is 3.21. The number of carbonyl (C=O) groups is 1. The van der Waals surface area contributed by atoms with Crippen LogP contribution in [0.15, 0.2) is 30.3 Å². The maximum Gasteiger partial charge on any atom is 0.328 e. The van der Waals surface area contributed by atoms with E-state index in [0.29, 0.717) is 31.0 Å². The Morgan fingerprint density at radius 3 is 2.50 bits per heavy atom. The summed E-state index contributed by atoms with van der Waals surface area (Å²) in [7, 11) is 0. The quantitative estimate of drug-likeness (QED) is 0.590. The number of nitrogens with two attached hydrogens (primary N) is 1. The van der Waals surface area contributed by atoms with E-state index in [9.17, 15) is 4.79 Å². The van der Waals surface area contributed by atoms with Gasteiger partial charge < -0.3 is 15.4 Å². The molecule has 5 heteroatoms. The number of carbonyl (C=O) groups excluding carboxylic acids is 1. The molecule has 0 aliphatic rings. The molecule has 0 radical (unpaired) electrons. The van der Waals surface area contributed by atoms with Gasteiger partial charge in [0.1, 0.15) is 6.04 Å².